The van der Waals surface area contributed by atoms with E-state index in [0.717, 1.165) is 23.7 Å². The fourth-order valence-electron chi connectivity index (χ4n) is 5.01. The van der Waals surface area contributed by atoms with Crippen molar-refractivity contribution in [1.29, 1.82) is 0 Å². The molecule has 126 valence electrons. The highest BCUT2D eigenvalue weighted by molar-refractivity contribution is 7.11. The van der Waals surface area contributed by atoms with Crippen molar-refractivity contribution < 1.29 is 9.53 Å². The second-order valence-electron chi connectivity index (χ2n) is 7.14. The summed E-state index contributed by atoms with van der Waals surface area (Å²) in [7, 11) is 0. The van der Waals surface area contributed by atoms with Crippen molar-refractivity contribution in [3.8, 4) is 0 Å². The number of rotatable bonds is 5. The van der Waals surface area contributed by atoms with Crippen LogP contribution in [-0.4, -0.2) is 42.7 Å². The molecule has 2 aliphatic carbocycles. The summed E-state index contributed by atoms with van der Waals surface area (Å²) in [6, 6.07) is 0.583. The van der Waals surface area contributed by atoms with Crippen LogP contribution in [0.1, 0.15) is 47.5 Å². The molecule has 1 spiro atoms. The number of nitrogens with one attached hydrogen (secondary N) is 2. The van der Waals surface area contributed by atoms with Crippen LogP contribution < -0.4 is 10.6 Å². The van der Waals surface area contributed by atoms with Crippen molar-refractivity contribution in [2.75, 3.05) is 19.7 Å². The molecule has 2 heterocycles. The Hall–Kier alpha value is -0.980. The monoisotopic (exact) mass is 335 g/mol. The smallest absolute Gasteiger partial charge is 0.263 e. The molecule has 2 N–H and O–H groups in total. The lowest BCUT2D eigenvalue weighted by atomic mass is 9.54. The predicted molar refractivity (Wildman–Crippen MR) is 89.7 cm³/mol. The third-order valence-corrected chi connectivity index (χ3v) is 6.94. The minimum atomic E-state index is -0.00179. The molecule has 6 heteroatoms. The summed E-state index contributed by atoms with van der Waals surface area (Å²) in [5.41, 5.74) is 2.93. The first-order valence-electron chi connectivity index (χ1n) is 8.76. The molecule has 3 aliphatic rings. The van der Waals surface area contributed by atoms with Crippen LogP contribution in [-0.2, 0) is 4.74 Å². The van der Waals surface area contributed by atoms with Crippen molar-refractivity contribution >= 4 is 17.2 Å². The van der Waals surface area contributed by atoms with E-state index in [-0.39, 0.29) is 5.91 Å². The maximum absolute atomic E-state index is 12.1. The number of hydrogen-bond acceptors (Lipinski definition) is 5. The van der Waals surface area contributed by atoms with Crippen LogP contribution in [0.25, 0.3) is 0 Å². The molecule has 1 amide bonds. The number of nitrogens with zero attached hydrogens (tertiary/aromatic N) is 1. The van der Waals surface area contributed by atoms with Crippen LogP contribution >= 0.6 is 11.3 Å². The number of carbonyl (C=O) groups is 1. The van der Waals surface area contributed by atoms with Gasteiger partial charge in [0.15, 0.2) is 0 Å². The van der Waals surface area contributed by atoms with Crippen LogP contribution in [0.3, 0.4) is 0 Å². The van der Waals surface area contributed by atoms with E-state index in [1.165, 1.54) is 43.4 Å². The first-order valence-corrected chi connectivity index (χ1v) is 9.63. The molecule has 1 saturated heterocycles. The van der Waals surface area contributed by atoms with Gasteiger partial charge in [-0.3, -0.25) is 4.79 Å². The third-order valence-electron chi connectivity index (χ3n) is 6.01. The zero-order valence-corrected chi connectivity index (χ0v) is 14.5. The molecule has 0 unspecified atom stereocenters. The van der Waals surface area contributed by atoms with E-state index in [0.29, 0.717) is 30.0 Å². The van der Waals surface area contributed by atoms with Gasteiger partial charge < -0.3 is 15.4 Å². The average Bonchev–Trinajstić information content (AvgIpc) is 3.25. The molecule has 4 rings (SSSR count). The SMILES string of the molecule is Cc1ncsc1C(=O)NCCN[C@@H]1[C@H]2CCO[C@@H]2C12CCCC2. The van der Waals surface area contributed by atoms with Crippen LogP contribution in [0.2, 0.25) is 0 Å². The van der Waals surface area contributed by atoms with E-state index in [4.69, 9.17) is 4.74 Å². The summed E-state index contributed by atoms with van der Waals surface area (Å²) >= 11 is 1.41. The van der Waals surface area contributed by atoms with Gasteiger partial charge >= 0.3 is 0 Å². The molecular formula is C17H25N3O2S. The van der Waals surface area contributed by atoms with Gasteiger partial charge in [-0.1, -0.05) is 12.8 Å². The standard InChI is InChI=1S/C17H25N3O2S/c1-11-13(23-10-20-11)16(21)19-8-7-18-14-12-4-9-22-15(12)17(14)5-2-3-6-17/h10,12,14-15,18H,2-9H2,1H3,(H,19,21)/t12-,14-,15+/m1/s1. The third kappa shape index (κ3) is 2.51. The maximum Gasteiger partial charge on any atom is 0.263 e. The van der Waals surface area contributed by atoms with Crippen molar-refractivity contribution in [1.82, 2.24) is 15.6 Å². The van der Waals surface area contributed by atoms with Crippen LogP contribution in [0, 0.1) is 18.3 Å². The highest BCUT2D eigenvalue weighted by Gasteiger charge is 2.64. The first kappa shape index (κ1) is 15.5. The molecule has 3 atom stereocenters. The summed E-state index contributed by atoms with van der Waals surface area (Å²) in [4.78, 5) is 17.0. The molecule has 5 nitrogen and oxygen atoms in total. The highest BCUT2D eigenvalue weighted by atomic mass is 32.1. The average molecular weight is 335 g/mol. The Bertz CT molecular complexity index is 582. The largest absolute Gasteiger partial charge is 0.377 e. The minimum absolute atomic E-state index is 0.00179. The number of aryl methyl sites for hydroxylation is 1. The molecule has 0 bridgehead atoms. The lowest BCUT2D eigenvalue weighted by Gasteiger charge is -2.57. The zero-order chi connectivity index (χ0) is 15.9. The van der Waals surface area contributed by atoms with Gasteiger partial charge in [0, 0.05) is 37.1 Å². The van der Waals surface area contributed by atoms with E-state index >= 15 is 0 Å². The van der Waals surface area contributed by atoms with Gasteiger partial charge in [-0.2, -0.15) is 0 Å². The topological polar surface area (TPSA) is 63.2 Å². The fraction of sp³-hybridized carbons (Fsp3) is 0.765. The second-order valence-corrected chi connectivity index (χ2v) is 7.99. The minimum Gasteiger partial charge on any atom is -0.377 e. The van der Waals surface area contributed by atoms with Crippen molar-refractivity contribution in [3.63, 3.8) is 0 Å². The zero-order valence-electron chi connectivity index (χ0n) is 13.6. The molecular weight excluding hydrogens is 310 g/mol. The number of thiazole rings is 1. The van der Waals surface area contributed by atoms with Crippen LogP contribution in [0.5, 0.6) is 0 Å². The number of aromatic nitrogens is 1. The maximum atomic E-state index is 12.1. The quantitative estimate of drug-likeness (QED) is 0.809. The van der Waals surface area contributed by atoms with Crippen molar-refractivity contribution in [3.05, 3.63) is 16.1 Å². The van der Waals surface area contributed by atoms with E-state index in [2.05, 4.69) is 15.6 Å². The molecule has 1 aliphatic heterocycles. The predicted octanol–water partition coefficient (Wildman–Crippen LogP) is 2.12. The first-order chi connectivity index (χ1) is 11.2. The normalized spacial score (nSPS) is 31.1. The van der Waals surface area contributed by atoms with Gasteiger partial charge in [-0.25, -0.2) is 4.98 Å². The lowest BCUT2D eigenvalue weighted by Crippen LogP contribution is -2.67. The number of hydrogen-bond donors (Lipinski definition) is 2. The Morgan fingerprint density at radius 1 is 1.43 bits per heavy atom. The Morgan fingerprint density at radius 2 is 2.26 bits per heavy atom. The van der Waals surface area contributed by atoms with Gasteiger partial charge in [0.25, 0.3) is 5.91 Å². The number of amides is 1. The van der Waals surface area contributed by atoms with E-state index in [1.54, 1.807) is 5.51 Å². The van der Waals surface area contributed by atoms with Crippen LogP contribution in [0.4, 0.5) is 0 Å². The highest BCUT2D eigenvalue weighted by Crippen LogP contribution is 2.60. The van der Waals surface area contributed by atoms with Gasteiger partial charge in [0.05, 0.1) is 17.3 Å². The van der Waals surface area contributed by atoms with Crippen molar-refractivity contribution in [2.45, 2.75) is 51.2 Å². The van der Waals surface area contributed by atoms with Gasteiger partial charge in [0.2, 0.25) is 0 Å². The number of carbonyl (C=O) groups excluding carboxylic acids is 1. The number of fused-ring (bicyclic) bond motifs is 2. The lowest BCUT2D eigenvalue weighted by molar-refractivity contribution is -0.130. The van der Waals surface area contributed by atoms with E-state index in [9.17, 15) is 4.79 Å². The molecule has 0 radical (unpaired) electrons. The van der Waals surface area contributed by atoms with Gasteiger partial charge in [-0.05, 0) is 26.2 Å². The summed E-state index contributed by atoms with van der Waals surface area (Å²) in [6.07, 6.45) is 6.97. The molecule has 1 aromatic rings. The summed E-state index contributed by atoms with van der Waals surface area (Å²) in [5, 5.41) is 6.74. The van der Waals surface area contributed by atoms with Crippen molar-refractivity contribution in [2.24, 2.45) is 11.3 Å². The second kappa shape index (κ2) is 6.15. The Kier molecular flexibility index (Phi) is 4.15. The molecule has 2 saturated carbocycles. The summed E-state index contributed by atoms with van der Waals surface area (Å²) < 4.78 is 6.01. The van der Waals surface area contributed by atoms with E-state index < -0.39 is 0 Å². The Balaban J connectivity index is 1.28. The Labute approximate surface area is 141 Å². The van der Waals surface area contributed by atoms with E-state index in [1.807, 2.05) is 6.92 Å². The molecule has 0 aromatic carbocycles. The van der Waals surface area contributed by atoms with Gasteiger partial charge in [-0.15, -0.1) is 11.3 Å². The summed E-state index contributed by atoms with van der Waals surface area (Å²) in [5.74, 6) is 0.686. The van der Waals surface area contributed by atoms with Crippen LogP contribution in [0.15, 0.2) is 5.51 Å². The van der Waals surface area contributed by atoms with Gasteiger partial charge in [0.1, 0.15) is 4.88 Å². The Morgan fingerprint density at radius 3 is 3.00 bits per heavy atom. The number of ether oxygens (including phenoxy) is 1. The fourth-order valence-corrected chi connectivity index (χ4v) is 5.73. The molecule has 23 heavy (non-hydrogen) atoms. The molecule has 1 aromatic heterocycles. The molecule has 3 fully saturated rings. The summed E-state index contributed by atoms with van der Waals surface area (Å²) in [6.45, 7) is 4.30.